The first-order chi connectivity index (χ1) is 12.5. The quantitative estimate of drug-likeness (QED) is 0.863. The number of nitrogens with one attached hydrogen (secondary N) is 1. The van der Waals surface area contributed by atoms with Gasteiger partial charge < -0.3 is 10.1 Å². The Kier molecular flexibility index (Phi) is 5.62. The Balaban J connectivity index is 1.58. The Morgan fingerprint density at radius 1 is 1.12 bits per heavy atom. The van der Waals surface area contributed by atoms with Crippen molar-refractivity contribution in [3.05, 3.63) is 65.2 Å². The maximum Gasteiger partial charge on any atom is 0.251 e. The van der Waals surface area contributed by atoms with E-state index in [4.69, 9.17) is 4.74 Å². The predicted octanol–water partition coefficient (Wildman–Crippen LogP) is 3.65. The smallest absolute Gasteiger partial charge is 0.251 e. The number of fused-ring (bicyclic) bond motifs is 1. The van der Waals surface area contributed by atoms with E-state index in [1.54, 1.807) is 0 Å². The van der Waals surface area contributed by atoms with Crippen LogP contribution in [0.4, 0.5) is 0 Å². The maximum absolute atomic E-state index is 12.5. The van der Waals surface area contributed by atoms with Crippen LogP contribution in [0, 0.1) is 0 Å². The Morgan fingerprint density at radius 3 is 2.50 bits per heavy atom. The van der Waals surface area contributed by atoms with Gasteiger partial charge in [-0.15, -0.1) is 0 Å². The molecule has 0 bridgehead atoms. The van der Waals surface area contributed by atoms with E-state index in [1.165, 1.54) is 11.1 Å². The van der Waals surface area contributed by atoms with E-state index >= 15 is 0 Å². The molecule has 0 saturated carbocycles. The number of hydrogen-bond donors (Lipinski definition) is 1. The molecular weight excluding hydrogens is 324 g/mol. The summed E-state index contributed by atoms with van der Waals surface area (Å²) >= 11 is 0. The van der Waals surface area contributed by atoms with Crippen LogP contribution in [0.3, 0.4) is 0 Å². The zero-order valence-corrected chi connectivity index (χ0v) is 15.9. The second-order valence-electron chi connectivity index (χ2n) is 7.39. The summed E-state index contributed by atoms with van der Waals surface area (Å²) in [5, 5.41) is 3.09. The largest absolute Gasteiger partial charge is 0.494 e. The highest BCUT2D eigenvalue weighted by molar-refractivity contribution is 5.94. The fraction of sp³-hybridized carbons (Fsp3) is 0.409. The molecule has 0 radical (unpaired) electrons. The first-order valence-electron chi connectivity index (χ1n) is 9.32. The van der Waals surface area contributed by atoms with Crippen molar-refractivity contribution >= 4 is 5.91 Å². The van der Waals surface area contributed by atoms with Gasteiger partial charge in [-0.05, 0) is 62.6 Å². The van der Waals surface area contributed by atoms with Crippen molar-refractivity contribution in [1.29, 1.82) is 0 Å². The molecular formula is C22H28N2O2. The van der Waals surface area contributed by atoms with Crippen molar-refractivity contribution in [2.24, 2.45) is 0 Å². The van der Waals surface area contributed by atoms with E-state index in [1.807, 2.05) is 31.2 Å². The molecule has 1 amide bonds. The molecule has 4 heteroatoms. The fourth-order valence-electron chi connectivity index (χ4n) is 3.39. The lowest BCUT2D eigenvalue weighted by molar-refractivity contribution is 0.0826. The third-order valence-electron chi connectivity index (χ3n) is 5.10. The van der Waals surface area contributed by atoms with E-state index in [0.717, 1.165) is 25.3 Å². The van der Waals surface area contributed by atoms with Gasteiger partial charge >= 0.3 is 0 Å². The van der Waals surface area contributed by atoms with Gasteiger partial charge in [0.25, 0.3) is 5.91 Å². The minimum atomic E-state index is -0.103. The Hall–Kier alpha value is -2.33. The van der Waals surface area contributed by atoms with E-state index in [-0.39, 0.29) is 11.4 Å². The average molecular weight is 352 g/mol. The third kappa shape index (κ3) is 4.25. The van der Waals surface area contributed by atoms with Crippen LogP contribution >= 0.6 is 0 Å². The number of amides is 1. The lowest BCUT2D eigenvalue weighted by atomic mass is 9.94. The van der Waals surface area contributed by atoms with Gasteiger partial charge in [0, 0.05) is 30.7 Å². The molecule has 0 aliphatic carbocycles. The highest BCUT2D eigenvalue weighted by Crippen LogP contribution is 2.25. The highest BCUT2D eigenvalue weighted by atomic mass is 16.5. The van der Waals surface area contributed by atoms with Gasteiger partial charge in [-0.2, -0.15) is 0 Å². The zero-order valence-electron chi connectivity index (χ0n) is 15.9. The SMILES string of the molecule is CCOc1ccc(C(=O)NCC(C)(C)N2CCc3ccccc3C2)cc1. The number of benzene rings is 2. The minimum absolute atomic E-state index is 0.0430. The van der Waals surface area contributed by atoms with Gasteiger partial charge in [0.1, 0.15) is 5.75 Å². The number of carbonyl (C=O) groups excluding carboxylic acids is 1. The summed E-state index contributed by atoms with van der Waals surface area (Å²) in [5.41, 5.74) is 3.39. The second-order valence-corrected chi connectivity index (χ2v) is 7.39. The van der Waals surface area contributed by atoms with Crippen LogP contribution in [-0.4, -0.2) is 36.0 Å². The molecule has 138 valence electrons. The molecule has 1 aliphatic heterocycles. The molecule has 0 fully saturated rings. The number of hydrogen-bond acceptors (Lipinski definition) is 3. The van der Waals surface area contributed by atoms with Crippen molar-refractivity contribution < 1.29 is 9.53 Å². The summed E-state index contributed by atoms with van der Waals surface area (Å²) in [6.45, 7) is 9.52. The van der Waals surface area contributed by atoms with Crippen LogP contribution in [-0.2, 0) is 13.0 Å². The second kappa shape index (κ2) is 7.92. The lowest BCUT2D eigenvalue weighted by Crippen LogP contribution is -2.53. The summed E-state index contributed by atoms with van der Waals surface area (Å²) < 4.78 is 5.42. The van der Waals surface area contributed by atoms with Gasteiger partial charge in [0.05, 0.1) is 6.61 Å². The average Bonchev–Trinajstić information content (AvgIpc) is 2.66. The standard InChI is InChI=1S/C22H28N2O2/c1-4-26-20-11-9-18(10-12-20)21(25)23-16-22(2,3)24-14-13-17-7-5-6-8-19(17)15-24/h5-12H,4,13-16H2,1-3H3,(H,23,25). The summed E-state index contributed by atoms with van der Waals surface area (Å²) in [7, 11) is 0. The Morgan fingerprint density at radius 2 is 1.81 bits per heavy atom. The molecule has 0 aromatic heterocycles. The zero-order chi connectivity index (χ0) is 18.6. The summed E-state index contributed by atoms with van der Waals surface area (Å²) in [6.07, 6.45) is 1.06. The monoisotopic (exact) mass is 352 g/mol. The summed E-state index contributed by atoms with van der Waals surface area (Å²) in [5.74, 6) is 0.745. The molecule has 2 aromatic rings. The molecule has 1 N–H and O–H groups in total. The van der Waals surface area contributed by atoms with Crippen LogP contribution in [0.1, 0.15) is 42.3 Å². The molecule has 1 heterocycles. The molecule has 26 heavy (non-hydrogen) atoms. The van der Waals surface area contributed by atoms with Crippen LogP contribution in [0.15, 0.2) is 48.5 Å². The van der Waals surface area contributed by atoms with Crippen molar-refractivity contribution in [3.8, 4) is 5.75 Å². The highest BCUT2D eigenvalue weighted by Gasteiger charge is 2.30. The van der Waals surface area contributed by atoms with E-state index in [2.05, 4.69) is 48.3 Å². The fourth-order valence-corrected chi connectivity index (χ4v) is 3.39. The van der Waals surface area contributed by atoms with Gasteiger partial charge in [-0.1, -0.05) is 24.3 Å². The minimum Gasteiger partial charge on any atom is -0.494 e. The predicted molar refractivity (Wildman–Crippen MR) is 105 cm³/mol. The third-order valence-corrected chi connectivity index (χ3v) is 5.10. The summed E-state index contributed by atoms with van der Waals surface area (Å²) in [4.78, 5) is 14.9. The Labute approximate surface area is 156 Å². The number of carbonyl (C=O) groups is 1. The normalized spacial score (nSPS) is 14.6. The van der Waals surface area contributed by atoms with Crippen LogP contribution in [0.5, 0.6) is 5.75 Å². The van der Waals surface area contributed by atoms with Gasteiger partial charge in [0.2, 0.25) is 0 Å². The molecule has 3 rings (SSSR count). The molecule has 2 aromatic carbocycles. The van der Waals surface area contributed by atoms with E-state index < -0.39 is 0 Å². The number of nitrogens with zero attached hydrogens (tertiary/aromatic N) is 1. The van der Waals surface area contributed by atoms with Gasteiger partial charge in [-0.3, -0.25) is 9.69 Å². The molecule has 0 unspecified atom stereocenters. The Bertz CT molecular complexity index is 753. The van der Waals surface area contributed by atoms with Crippen LogP contribution in [0.2, 0.25) is 0 Å². The molecule has 1 aliphatic rings. The maximum atomic E-state index is 12.5. The van der Waals surface area contributed by atoms with Crippen molar-refractivity contribution in [2.45, 2.75) is 39.3 Å². The molecule has 0 atom stereocenters. The first kappa shape index (κ1) is 18.5. The summed E-state index contributed by atoms with van der Waals surface area (Å²) in [6, 6.07) is 15.9. The molecule has 0 spiro atoms. The van der Waals surface area contributed by atoms with E-state index in [9.17, 15) is 4.79 Å². The van der Waals surface area contributed by atoms with E-state index in [0.29, 0.717) is 18.7 Å². The van der Waals surface area contributed by atoms with Gasteiger partial charge in [-0.25, -0.2) is 0 Å². The lowest BCUT2D eigenvalue weighted by Gasteiger charge is -2.41. The van der Waals surface area contributed by atoms with Crippen molar-refractivity contribution in [2.75, 3.05) is 19.7 Å². The van der Waals surface area contributed by atoms with Crippen LogP contribution in [0.25, 0.3) is 0 Å². The first-order valence-corrected chi connectivity index (χ1v) is 9.32. The number of ether oxygens (including phenoxy) is 1. The van der Waals surface area contributed by atoms with Gasteiger partial charge in [0.15, 0.2) is 0 Å². The van der Waals surface area contributed by atoms with Crippen LogP contribution < -0.4 is 10.1 Å². The molecule has 4 nitrogen and oxygen atoms in total. The van der Waals surface area contributed by atoms with Crippen molar-refractivity contribution in [1.82, 2.24) is 10.2 Å². The van der Waals surface area contributed by atoms with Crippen molar-refractivity contribution in [3.63, 3.8) is 0 Å². The molecule has 0 saturated heterocycles. The topological polar surface area (TPSA) is 41.6 Å². The number of rotatable bonds is 6.